The van der Waals surface area contributed by atoms with E-state index in [4.69, 9.17) is 5.73 Å². The van der Waals surface area contributed by atoms with Crippen LogP contribution in [-0.2, 0) is 6.54 Å². The lowest BCUT2D eigenvalue weighted by Crippen LogP contribution is -2.42. The summed E-state index contributed by atoms with van der Waals surface area (Å²) in [5.74, 6) is -0.0770. The minimum Gasteiger partial charge on any atom is -0.319 e. The van der Waals surface area contributed by atoms with E-state index in [0.29, 0.717) is 12.2 Å². The molecular weight excluding hydrogens is 166 g/mol. The lowest BCUT2D eigenvalue weighted by molar-refractivity contribution is 0.0902. The standard InChI is InChI=1S/C9H15N3O/c1-4-12-7(5-6-11-12)8(13)9(2,3)10/h5-6H,4,10H2,1-3H3. The summed E-state index contributed by atoms with van der Waals surface area (Å²) >= 11 is 0. The highest BCUT2D eigenvalue weighted by molar-refractivity contribution is 6.01. The number of rotatable bonds is 3. The number of nitrogens with two attached hydrogens (primary N) is 1. The quantitative estimate of drug-likeness (QED) is 0.702. The lowest BCUT2D eigenvalue weighted by atomic mass is 9.98. The molecule has 0 amide bonds. The molecule has 0 bridgehead atoms. The summed E-state index contributed by atoms with van der Waals surface area (Å²) in [4.78, 5) is 11.7. The van der Waals surface area contributed by atoms with Gasteiger partial charge in [-0.05, 0) is 26.8 Å². The molecule has 0 saturated heterocycles. The Labute approximate surface area is 77.7 Å². The first-order chi connectivity index (χ1) is 5.96. The van der Waals surface area contributed by atoms with Crippen molar-refractivity contribution in [2.75, 3.05) is 0 Å². The molecule has 4 heteroatoms. The molecule has 0 spiro atoms. The molecule has 0 saturated carbocycles. The molecule has 13 heavy (non-hydrogen) atoms. The molecule has 1 heterocycles. The van der Waals surface area contributed by atoms with Crippen LogP contribution in [0.4, 0.5) is 0 Å². The summed E-state index contributed by atoms with van der Waals surface area (Å²) in [5, 5.41) is 4.01. The van der Waals surface area contributed by atoms with Gasteiger partial charge >= 0.3 is 0 Å². The van der Waals surface area contributed by atoms with Crippen LogP contribution in [0.25, 0.3) is 0 Å². The molecule has 0 radical (unpaired) electrons. The minimum absolute atomic E-state index is 0.0770. The molecule has 1 rings (SSSR count). The molecule has 0 aromatic carbocycles. The van der Waals surface area contributed by atoms with Gasteiger partial charge in [-0.15, -0.1) is 0 Å². The van der Waals surface area contributed by atoms with Crippen molar-refractivity contribution in [2.45, 2.75) is 32.9 Å². The second-order valence-electron chi connectivity index (χ2n) is 3.58. The van der Waals surface area contributed by atoms with Crippen LogP contribution < -0.4 is 5.73 Å². The highest BCUT2D eigenvalue weighted by Crippen LogP contribution is 2.09. The molecular formula is C9H15N3O. The van der Waals surface area contributed by atoms with Gasteiger partial charge in [0.25, 0.3) is 0 Å². The van der Waals surface area contributed by atoms with E-state index < -0.39 is 5.54 Å². The van der Waals surface area contributed by atoms with E-state index >= 15 is 0 Å². The fraction of sp³-hybridized carbons (Fsp3) is 0.556. The van der Waals surface area contributed by atoms with Gasteiger partial charge in [-0.1, -0.05) is 0 Å². The Balaban J connectivity index is 3.02. The summed E-state index contributed by atoms with van der Waals surface area (Å²) < 4.78 is 1.65. The van der Waals surface area contributed by atoms with Crippen LogP contribution in [0.3, 0.4) is 0 Å². The normalized spacial score (nSPS) is 11.7. The smallest absolute Gasteiger partial charge is 0.200 e. The van der Waals surface area contributed by atoms with Gasteiger partial charge in [-0.3, -0.25) is 9.48 Å². The van der Waals surface area contributed by atoms with E-state index in [0.717, 1.165) is 0 Å². The Bertz CT molecular complexity index is 309. The summed E-state index contributed by atoms with van der Waals surface area (Å²) in [5.41, 5.74) is 5.46. The van der Waals surface area contributed by atoms with Crippen LogP contribution in [0.15, 0.2) is 12.3 Å². The molecule has 0 aliphatic carbocycles. The first kappa shape index (κ1) is 9.92. The topological polar surface area (TPSA) is 60.9 Å². The molecule has 72 valence electrons. The summed E-state index contributed by atoms with van der Waals surface area (Å²) in [6, 6.07) is 1.69. The van der Waals surface area contributed by atoms with Crippen molar-refractivity contribution >= 4 is 5.78 Å². The Hall–Kier alpha value is -1.16. The van der Waals surface area contributed by atoms with E-state index in [2.05, 4.69) is 5.10 Å². The number of carbonyl (C=O) groups is 1. The molecule has 4 nitrogen and oxygen atoms in total. The third kappa shape index (κ3) is 1.95. The minimum atomic E-state index is -0.826. The fourth-order valence-corrected chi connectivity index (χ4v) is 1.11. The number of nitrogens with zero attached hydrogens (tertiary/aromatic N) is 2. The SMILES string of the molecule is CCn1nccc1C(=O)C(C)(C)N. The first-order valence-electron chi connectivity index (χ1n) is 4.32. The second-order valence-corrected chi connectivity index (χ2v) is 3.58. The van der Waals surface area contributed by atoms with Crippen molar-refractivity contribution in [1.29, 1.82) is 0 Å². The average Bonchev–Trinajstić information content (AvgIpc) is 2.48. The van der Waals surface area contributed by atoms with E-state index in [9.17, 15) is 4.79 Å². The molecule has 0 fully saturated rings. The van der Waals surface area contributed by atoms with Gasteiger partial charge in [0.15, 0.2) is 5.78 Å². The maximum Gasteiger partial charge on any atom is 0.200 e. The highest BCUT2D eigenvalue weighted by Gasteiger charge is 2.25. The van der Waals surface area contributed by atoms with Crippen LogP contribution in [0.1, 0.15) is 31.3 Å². The van der Waals surface area contributed by atoms with Gasteiger partial charge in [-0.25, -0.2) is 0 Å². The molecule has 0 atom stereocenters. The largest absolute Gasteiger partial charge is 0.319 e. The predicted molar refractivity (Wildman–Crippen MR) is 50.5 cm³/mol. The Morgan fingerprint density at radius 1 is 1.69 bits per heavy atom. The lowest BCUT2D eigenvalue weighted by Gasteiger charge is -2.16. The van der Waals surface area contributed by atoms with Crippen LogP contribution in [0.5, 0.6) is 0 Å². The first-order valence-corrected chi connectivity index (χ1v) is 4.32. The molecule has 2 N–H and O–H groups in total. The van der Waals surface area contributed by atoms with Gasteiger partial charge in [0.2, 0.25) is 0 Å². The van der Waals surface area contributed by atoms with Gasteiger partial charge < -0.3 is 5.73 Å². The number of ketones is 1. The summed E-state index contributed by atoms with van der Waals surface area (Å²) in [6.45, 7) is 6.02. The highest BCUT2D eigenvalue weighted by atomic mass is 16.1. The van der Waals surface area contributed by atoms with E-state index in [1.165, 1.54) is 0 Å². The molecule has 0 aliphatic heterocycles. The summed E-state index contributed by atoms with van der Waals surface area (Å²) in [6.07, 6.45) is 1.61. The molecule has 0 aliphatic rings. The Morgan fingerprint density at radius 3 is 2.77 bits per heavy atom. The number of aryl methyl sites for hydroxylation is 1. The van der Waals surface area contributed by atoms with Gasteiger partial charge in [0.05, 0.1) is 5.54 Å². The van der Waals surface area contributed by atoms with Crippen molar-refractivity contribution in [3.05, 3.63) is 18.0 Å². The number of aromatic nitrogens is 2. The number of Topliss-reactive ketones (excluding diaryl/α,β-unsaturated/α-hetero) is 1. The van der Waals surface area contributed by atoms with E-state index in [1.807, 2.05) is 6.92 Å². The number of hydrogen-bond acceptors (Lipinski definition) is 3. The van der Waals surface area contributed by atoms with Gasteiger partial charge in [0.1, 0.15) is 5.69 Å². The Kier molecular flexibility index (Phi) is 2.52. The van der Waals surface area contributed by atoms with Crippen molar-refractivity contribution in [3.8, 4) is 0 Å². The maximum atomic E-state index is 11.7. The third-order valence-electron chi connectivity index (χ3n) is 1.83. The van der Waals surface area contributed by atoms with Crippen molar-refractivity contribution < 1.29 is 4.79 Å². The van der Waals surface area contributed by atoms with Crippen molar-refractivity contribution in [1.82, 2.24) is 9.78 Å². The molecule has 1 aromatic rings. The number of carbonyl (C=O) groups excluding carboxylic acids is 1. The zero-order valence-electron chi connectivity index (χ0n) is 8.24. The number of hydrogen-bond donors (Lipinski definition) is 1. The fourth-order valence-electron chi connectivity index (χ4n) is 1.11. The second kappa shape index (κ2) is 3.30. The predicted octanol–water partition coefficient (Wildman–Crippen LogP) is 0.823. The molecule has 0 unspecified atom stereocenters. The zero-order valence-corrected chi connectivity index (χ0v) is 8.24. The average molecular weight is 181 g/mol. The van der Waals surface area contributed by atoms with Crippen LogP contribution in [0.2, 0.25) is 0 Å². The van der Waals surface area contributed by atoms with Gasteiger partial charge in [0, 0.05) is 12.7 Å². The van der Waals surface area contributed by atoms with E-state index in [1.54, 1.807) is 30.8 Å². The van der Waals surface area contributed by atoms with Crippen LogP contribution in [-0.4, -0.2) is 21.1 Å². The monoisotopic (exact) mass is 181 g/mol. The molecule has 1 aromatic heterocycles. The van der Waals surface area contributed by atoms with Crippen molar-refractivity contribution in [3.63, 3.8) is 0 Å². The third-order valence-corrected chi connectivity index (χ3v) is 1.83. The zero-order chi connectivity index (χ0) is 10.1. The van der Waals surface area contributed by atoms with Crippen LogP contribution in [0, 0.1) is 0 Å². The maximum absolute atomic E-state index is 11.7. The van der Waals surface area contributed by atoms with Crippen LogP contribution >= 0.6 is 0 Å². The van der Waals surface area contributed by atoms with Gasteiger partial charge in [-0.2, -0.15) is 5.10 Å². The summed E-state index contributed by atoms with van der Waals surface area (Å²) in [7, 11) is 0. The Morgan fingerprint density at radius 2 is 2.31 bits per heavy atom. The van der Waals surface area contributed by atoms with E-state index in [-0.39, 0.29) is 5.78 Å². The van der Waals surface area contributed by atoms with Crippen molar-refractivity contribution in [2.24, 2.45) is 5.73 Å².